The third-order valence-electron chi connectivity index (χ3n) is 5.05. The van der Waals surface area contributed by atoms with E-state index >= 15 is 0 Å². The van der Waals surface area contributed by atoms with Crippen molar-refractivity contribution in [3.8, 4) is 0 Å². The van der Waals surface area contributed by atoms with Crippen molar-refractivity contribution < 1.29 is 0 Å². The van der Waals surface area contributed by atoms with Crippen molar-refractivity contribution in [2.45, 2.75) is 56.7 Å². The lowest BCUT2D eigenvalue weighted by Crippen LogP contribution is -2.29. The van der Waals surface area contributed by atoms with Gasteiger partial charge >= 0.3 is 0 Å². The maximum atomic E-state index is 7.35. The van der Waals surface area contributed by atoms with Gasteiger partial charge < -0.3 is 0 Å². The predicted octanol–water partition coefficient (Wildman–Crippen LogP) is 7.72. The van der Waals surface area contributed by atoms with Gasteiger partial charge in [-0.2, -0.15) is 0 Å². The van der Waals surface area contributed by atoms with Crippen LogP contribution in [-0.4, -0.2) is 0 Å². The first-order valence-corrected chi connectivity index (χ1v) is 10.0. The first-order valence-electron chi connectivity index (χ1n) is 9.66. The van der Waals surface area contributed by atoms with E-state index in [0.717, 1.165) is 17.5 Å². The molecule has 0 amide bonds. The number of unbranched alkanes of at least 4 members (excludes halogenated alkanes) is 5. The Labute approximate surface area is 158 Å². The van der Waals surface area contributed by atoms with Crippen molar-refractivity contribution in [3.63, 3.8) is 0 Å². The highest BCUT2D eigenvalue weighted by Crippen LogP contribution is 2.45. The molecule has 0 N–H and O–H groups in total. The first-order chi connectivity index (χ1) is 12.2. The molecule has 0 aliphatic carbocycles. The van der Waals surface area contributed by atoms with Crippen LogP contribution in [0.2, 0.25) is 0 Å². The molecule has 0 saturated carbocycles. The van der Waals surface area contributed by atoms with Gasteiger partial charge in [-0.05, 0) is 17.5 Å². The van der Waals surface area contributed by atoms with E-state index in [-0.39, 0.29) is 5.92 Å². The smallest absolute Gasteiger partial charge is 0.101 e. The van der Waals surface area contributed by atoms with Crippen LogP contribution in [0.4, 0.5) is 0 Å². The Bertz CT molecular complexity index is 563. The summed E-state index contributed by atoms with van der Waals surface area (Å²) in [5.41, 5.74) is 2.30. The Balaban J connectivity index is 2.18. The van der Waals surface area contributed by atoms with Gasteiger partial charge in [0.2, 0.25) is 0 Å². The lowest BCUT2D eigenvalue weighted by Gasteiger charge is -2.35. The fraction of sp³-hybridized carbons (Fsp3) is 0.417. The molecule has 0 saturated heterocycles. The molecule has 1 atom stereocenters. The van der Waals surface area contributed by atoms with Gasteiger partial charge in [-0.25, -0.2) is 0 Å². The van der Waals surface area contributed by atoms with Crippen LogP contribution >= 0.6 is 11.6 Å². The van der Waals surface area contributed by atoms with E-state index in [0.29, 0.717) is 0 Å². The third-order valence-corrected chi connectivity index (χ3v) is 5.77. The van der Waals surface area contributed by atoms with Crippen LogP contribution in [-0.2, 0) is 4.87 Å². The first kappa shape index (κ1) is 19.8. The second-order valence-electron chi connectivity index (χ2n) is 6.84. The maximum Gasteiger partial charge on any atom is 0.101 e. The molecule has 1 unspecified atom stereocenters. The van der Waals surface area contributed by atoms with E-state index < -0.39 is 4.87 Å². The molecule has 25 heavy (non-hydrogen) atoms. The molecule has 2 aromatic carbocycles. The number of rotatable bonds is 11. The predicted molar refractivity (Wildman–Crippen MR) is 111 cm³/mol. The zero-order valence-corrected chi connectivity index (χ0v) is 16.2. The number of alkyl halides is 1. The standard InChI is InChI=1S/C24H31Cl/c1-3-5-6-7-8-11-16-21(4-2)24(25,22-17-12-9-13-18-22)23-19-14-10-15-20-23/h4,9-10,12-15,17-21H,2-3,5-8,11,16H2,1H3. The van der Waals surface area contributed by atoms with Gasteiger partial charge in [-0.1, -0.05) is 112 Å². The largest absolute Gasteiger partial charge is 0.108 e. The van der Waals surface area contributed by atoms with E-state index in [9.17, 15) is 0 Å². The summed E-state index contributed by atoms with van der Waals surface area (Å²) < 4.78 is 0. The van der Waals surface area contributed by atoms with Crippen LogP contribution in [0, 0.1) is 5.92 Å². The summed E-state index contributed by atoms with van der Waals surface area (Å²) in [4.78, 5) is -0.548. The molecule has 2 aromatic rings. The number of allylic oxidation sites excluding steroid dienone is 1. The average Bonchev–Trinajstić information content (AvgIpc) is 2.68. The van der Waals surface area contributed by atoms with E-state index in [1.54, 1.807) is 0 Å². The number of halogens is 1. The molecule has 0 radical (unpaired) electrons. The van der Waals surface area contributed by atoms with E-state index in [2.05, 4.69) is 68.1 Å². The molecule has 0 spiro atoms. The van der Waals surface area contributed by atoms with Gasteiger partial charge in [0.25, 0.3) is 0 Å². The summed E-state index contributed by atoms with van der Waals surface area (Å²) in [7, 11) is 0. The van der Waals surface area contributed by atoms with Crippen molar-refractivity contribution in [1.82, 2.24) is 0 Å². The number of hydrogen-bond acceptors (Lipinski definition) is 0. The summed E-state index contributed by atoms with van der Waals surface area (Å²) in [5.74, 6) is 0.213. The summed E-state index contributed by atoms with van der Waals surface area (Å²) in [5, 5.41) is 0. The lowest BCUT2D eigenvalue weighted by molar-refractivity contribution is 0.448. The molecule has 0 heterocycles. The fourth-order valence-corrected chi connectivity index (χ4v) is 4.03. The quantitative estimate of drug-likeness (QED) is 0.220. The minimum absolute atomic E-state index is 0.213. The van der Waals surface area contributed by atoms with Crippen LogP contribution in [0.3, 0.4) is 0 Å². The normalized spacial score (nSPS) is 12.7. The molecular weight excluding hydrogens is 324 g/mol. The minimum atomic E-state index is -0.548. The monoisotopic (exact) mass is 354 g/mol. The molecular formula is C24H31Cl. The van der Waals surface area contributed by atoms with Crippen LogP contribution in [0.15, 0.2) is 73.3 Å². The molecule has 0 nitrogen and oxygen atoms in total. The van der Waals surface area contributed by atoms with Crippen LogP contribution in [0.1, 0.15) is 63.0 Å². The lowest BCUT2D eigenvalue weighted by atomic mass is 9.77. The fourth-order valence-electron chi connectivity index (χ4n) is 3.58. The van der Waals surface area contributed by atoms with Crippen LogP contribution in [0.5, 0.6) is 0 Å². The molecule has 1 heteroatoms. The van der Waals surface area contributed by atoms with Gasteiger partial charge in [0.1, 0.15) is 4.87 Å². The molecule has 2 rings (SSSR count). The Morgan fingerprint density at radius 2 is 1.32 bits per heavy atom. The molecule has 134 valence electrons. The Kier molecular flexibility index (Phi) is 8.28. The second kappa shape index (κ2) is 10.5. The number of hydrogen-bond donors (Lipinski definition) is 0. The Morgan fingerprint density at radius 3 is 1.80 bits per heavy atom. The van der Waals surface area contributed by atoms with Crippen molar-refractivity contribution in [2.75, 3.05) is 0 Å². The summed E-state index contributed by atoms with van der Waals surface area (Å²) >= 11 is 7.35. The Morgan fingerprint density at radius 1 is 0.840 bits per heavy atom. The third kappa shape index (κ3) is 5.22. The van der Waals surface area contributed by atoms with Crippen molar-refractivity contribution in [2.24, 2.45) is 5.92 Å². The highest BCUT2D eigenvalue weighted by molar-refractivity contribution is 6.26. The van der Waals surface area contributed by atoms with Crippen molar-refractivity contribution >= 4 is 11.6 Å². The molecule has 0 aliphatic rings. The zero-order chi connectivity index (χ0) is 18.0. The number of benzene rings is 2. The highest BCUT2D eigenvalue weighted by atomic mass is 35.5. The molecule has 0 fully saturated rings. The van der Waals surface area contributed by atoms with Gasteiger partial charge in [0.05, 0.1) is 0 Å². The highest BCUT2D eigenvalue weighted by Gasteiger charge is 2.38. The molecule has 0 bridgehead atoms. The summed E-state index contributed by atoms with van der Waals surface area (Å²) in [6.45, 7) is 6.38. The van der Waals surface area contributed by atoms with E-state index in [4.69, 9.17) is 11.6 Å². The van der Waals surface area contributed by atoms with Gasteiger partial charge in [0, 0.05) is 5.92 Å². The summed E-state index contributed by atoms with van der Waals surface area (Å²) in [6, 6.07) is 20.9. The Hall–Kier alpha value is -1.53. The van der Waals surface area contributed by atoms with Gasteiger partial charge in [0.15, 0.2) is 0 Å². The SMILES string of the molecule is C=CC(CCCCCCCC)C(Cl)(c1ccccc1)c1ccccc1. The topological polar surface area (TPSA) is 0 Å². The van der Waals surface area contributed by atoms with Crippen LogP contribution < -0.4 is 0 Å². The van der Waals surface area contributed by atoms with Gasteiger partial charge in [-0.15, -0.1) is 18.2 Å². The molecule has 0 aliphatic heterocycles. The maximum absolute atomic E-state index is 7.35. The van der Waals surface area contributed by atoms with Crippen molar-refractivity contribution in [1.29, 1.82) is 0 Å². The average molecular weight is 355 g/mol. The summed E-state index contributed by atoms with van der Waals surface area (Å²) in [6.07, 6.45) is 10.9. The van der Waals surface area contributed by atoms with E-state index in [1.807, 2.05) is 12.1 Å². The molecule has 0 aromatic heterocycles. The van der Waals surface area contributed by atoms with Crippen molar-refractivity contribution in [3.05, 3.63) is 84.4 Å². The second-order valence-corrected chi connectivity index (χ2v) is 7.44. The van der Waals surface area contributed by atoms with E-state index in [1.165, 1.54) is 38.5 Å². The zero-order valence-electron chi connectivity index (χ0n) is 15.5. The minimum Gasteiger partial charge on any atom is -0.108 e. The van der Waals surface area contributed by atoms with Crippen LogP contribution in [0.25, 0.3) is 0 Å². The van der Waals surface area contributed by atoms with Gasteiger partial charge in [-0.3, -0.25) is 0 Å².